The molecule has 0 saturated carbocycles. The smallest absolute Gasteiger partial charge is 0.328 e. The fraction of sp³-hybridized carbons (Fsp3) is 0. The van der Waals surface area contributed by atoms with Gasteiger partial charge in [-0.2, -0.15) is 4.98 Å². The van der Waals surface area contributed by atoms with Gasteiger partial charge < -0.3 is 10.4 Å². The predicted molar refractivity (Wildman–Crippen MR) is 126 cm³/mol. The van der Waals surface area contributed by atoms with Gasteiger partial charge in [0, 0.05) is 23.5 Å². The van der Waals surface area contributed by atoms with E-state index in [1.165, 1.54) is 35.2 Å². The molecule has 0 aliphatic heterocycles. The van der Waals surface area contributed by atoms with Crippen LogP contribution in [0.1, 0.15) is 5.56 Å². The molecule has 0 amide bonds. The largest absolute Gasteiger partial charge is 0.478 e. The van der Waals surface area contributed by atoms with E-state index in [-0.39, 0.29) is 21.3 Å². The molecule has 0 saturated heterocycles. The number of nitrogens with zero attached hydrogens (tertiary/aromatic N) is 4. The lowest BCUT2D eigenvalue weighted by Crippen LogP contribution is -2.05. The van der Waals surface area contributed by atoms with Gasteiger partial charge in [0.2, 0.25) is 5.95 Å². The second kappa shape index (κ2) is 9.58. The number of carbonyl (C=O) groups is 1. The van der Waals surface area contributed by atoms with Crippen LogP contribution in [0, 0.1) is 5.82 Å². The summed E-state index contributed by atoms with van der Waals surface area (Å²) in [7, 11) is 0. The number of carboxylic acids is 1. The molecule has 11 heteroatoms. The third-order valence-corrected chi connectivity index (χ3v) is 5.48. The zero-order chi connectivity index (χ0) is 23.5. The summed E-state index contributed by atoms with van der Waals surface area (Å²) < 4.78 is 15.0. The van der Waals surface area contributed by atoms with E-state index in [2.05, 4.69) is 20.3 Å². The SMILES string of the molecule is O=C(O)/C=C/c1cccc(-c2cnc(Nc3ccc(F)c(Cl)c3)nc2-n2cnc(Cl)c2Cl)c1. The Hall–Kier alpha value is -3.46. The number of aliphatic carboxylic acids is 1. The van der Waals surface area contributed by atoms with Crippen molar-refractivity contribution in [2.45, 2.75) is 0 Å². The summed E-state index contributed by atoms with van der Waals surface area (Å²) in [5, 5.41) is 12.1. The van der Waals surface area contributed by atoms with Gasteiger partial charge >= 0.3 is 5.97 Å². The molecule has 2 heterocycles. The zero-order valence-corrected chi connectivity index (χ0v) is 18.8. The molecule has 2 N–H and O–H groups in total. The quantitative estimate of drug-likeness (QED) is 0.301. The van der Waals surface area contributed by atoms with Gasteiger partial charge in [0.05, 0.1) is 5.02 Å². The van der Waals surface area contributed by atoms with Gasteiger partial charge in [-0.1, -0.05) is 53.0 Å². The number of hydrogen-bond donors (Lipinski definition) is 2. The van der Waals surface area contributed by atoms with Gasteiger partial charge in [0.15, 0.2) is 16.1 Å². The highest BCUT2D eigenvalue weighted by Crippen LogP contribution is 2.32. The van der Waals surface area contributed by atoms with Crippen LogP contribution in [-0.2, 0) is 4.79 Å². The molecule has 4 aromatic rings. The minimum absolute atomic E-state index is 0.0486. The Morgan fingerprint density at radius 2 is 1.94 bits per heavy atom. The summed E-state index contributed by atoms with van der Waals surface area (Å²) in [4.78, 5) is 23.8. The first-order valence-corrected chi connectivity index (χ1v) is 10.4. The molecule has 0 aliphatic carbocycles. The molecule has 0 aliphatic rings. The van der Waals surface area contributed by atoms with Crippen LogP contribution in [0.5, 0.6) is 0 Å². The van der Waals surface area contributed by atoms with E-state index in [4.69, 9.17) is 39.9 Å². The van der Waals surface area contributed by atoms with Gasteiger partial charge in [-0.25, -0.2) is 19.2 Å². The van der Waals surface area contributed by atoms with Crippen molar-refractivity contribution < 1.29 is 14.3 Å². The van der Waals surface area contributed by atoms with Crippen molar-refractivity contribution in [3.05, 3.63) is 87.8 Å². The van der Waals surface area contributed by atoms with Gasteiger partial charge in [0.25, 0.3) is 0 Å². The van der Waals surface area contributed by atoms with Crippen molar-refractivity contribution in [2.75, 3.05) is 5.32 Å². The van der Waals surface area contributed by atoms with Crippen molar-refractivity contribution in [1.82, 2.24) is 19.5 Å². The van der Waals surface area contributed by atoms with Gasteiger partial charge in [-0.3, -0.25) is 4.57 Å². The average molecular weight is 505 g/mol. The third kappa shape index (κ3) is 5.14. The molecule has 4 rings (SSSR count). The van der Waals surface area contributed by atoms with Gasteiger partial charge in [0.1, 0.15) is 12.1 Å². The van der Waals surface area contributed by atoms with Crippen LogP contribution < -0.4 is 5.32 Å². The van der Waals surface area contributed by atoms with E-state index >= 15 is 0 Å². The van der Waals surface area contributed by atoms with Crippen molar-refractivity contribution in [3.8, 4) is 16.9 Å². The topological polar surface area (TPSA) is 92.9 Å². The molecule has 0 bridgehead atoms. The Balaban J connectivity index is 1.80. The van der Waals surface area contributed by atoms with Crippen LogP contribution >= 0.6 is 34.8 Å². The maximum absolute atomic E-state index is 13.5. The lowest BCUT2D eigenvalue weighted by atomic mass is 10.0. The Morgan fingerprint density at radius 1 is 1.12 bits per heavy atom. The summed E-state index contributed by atoms with van der Waals surface area (Å²) >= 11 is 18.2. The Morgan fingerprint density at radius 3 is 2.64 bits per heavy atom. The molecule has 0 atom stereocenters. The highest BCUT2D eigenvalue weighted by molar-refractivity contribution is 6.40. The van der Waals surface area contributed by atoms with E-state index in [9.17, 15) is 9.18 Å². The standard InChI is InChI=1S/C22H13Cl3FN5O2/c23-16-9-14(5-6-17(16)26)29-22-27-10-15(21(30-22)31-11-28-19(24)20(31)25)13-3-1-2-12(8-13)4-7-18(32)33/h1-11H,(H,32,33)(H,27,29,30)/b7-4+. The van der Waals surface area contributed by atoms with E-state index in [1.807, 2.05) is 6.07 Å². The molecule has 0 fully saturated rings. The first-order chi connectivity index (χ1) is 15.8. The van der Waals surface area contributed by atoms with Crippen LogP contribution in [-0.4, -0.2) is 30.6 Å². The highest BCUT2D eigenvalue weighted by Gasteiger charge is 2.17. The Labute approximate surface area is 202 Å². The number of hydrogen-bond acceptors (Lipinski definition) is 5. The molecule has 7 nitrogen and oxygen atoms in total. The fourth-order valence-electron chi connectivity index (χ4n) is 2.96. The van der Waals surface area contributed by atoms with Crippen LogP contribution in [0.15, 0.2) is 61.1 Å². The number of carboxylic acid groups (broad SMARTS) is 1. The number of anilines is 2. The molecular weight excluding hydrogens is 492 g/mol. The molecule has 2 aromatic heterocycles. The van der Waals surface area contributed by atoms with E-state index in [1.54, 1.807) is 24.4 Å². The minimum atomic E-state index is -1.06. The van der Waals surface area contributed by atoms with Crippen LogP contribution in [0.4, 0.5) is 16.0 Å². The van der Waals surface area contributed by atoms with Crippen LogP contribution in [0.2, 0.25) is 15.3 Å². The first kappa shape index (κ1) is 22.7. The van der Waals surface area contributed by atoms with E-state index in [0.717, 1.165) is 6.08 Å². The van der Waals surface area contributed by atoms with Gasteiger partial charge in [-0.15, -0.1) is 0 Å². The number of halogens is 4. The van der Waals surface area contributed by atoms with E-state index in [0.29, 0.717) is 28.2 Å². The molecule has 0 spiro atoms. The molecule has 0 unspecified atom stereocenters. The number of aromatic nitrogens is 4. The van der Waals surface area contributed by atoms with Crippen LogP contribution in [0.25, 0.3) is 23.0 Å². The van der Waals surface area contributed by atoms with Crippen LogP contribution in [0.3, 0.4) is 0 Å². The minimum Gasteiger partial charge on any atom is -0.478 e. The summed E-state index contributed by atoms with van der Waals surface area (Å²) in [6.07, 6.45) is 5.51. The number of nitrogens with one attached hydrogen (secondary N) is 1. The van der Waals surface area contributed by atoms with Crippen molar-refractivity contribution in [2.24, 2.45) is 0 Å². The second-order valence-corrected chi connectivity index (χ2v) is 7.80. The maximum Gasteiger partial charge on any atom is 0.328 e. The molecule has 2 aromatic carbocycles. The van der Waals surface area contributed by atoms with Crippen molar-refractivity contribution in [1.29, 1.82) is 0 Å². The average Bonchev–Trinajstić information content (AvgIpc) is 3.13. The summed E-state index contributed by atoms with van der Waals surface area (Å²) in [6.45, 7) is 0. The third-order valence-electron chi connectivity index (χ3n) is 4.46. The number of benzene rings is 2. The normalized spacial score (nSPS) is 11.2. The highest BCUT2D eigenvalue weighted by atomic mass is 35.5. The predicted octanol–water partition coefficient (Wildman–Crippen LogP) is 6.27. The van der Waals surface area contributed by atoms with Crippen molar-refractivity contribution >= 4 is 58.5 Å². The molecule has 0 radical (unpaired) electrons. The lowest BCUT2D eigenvalue weighted by Gasteiger charge is -2.13. The lowest BCUT2D eigenvalue weighted by molar-refractivity contribution is -0.131. The zero-order valence-electron chi connectivity index (χ0n) is 16.5. The summed E-state index contributed by atoms with van der Waals surface area (Å²) in [6, 6.07) is 11.3. The fourth-order valence-corrected chi connectivity index (χ4v) is 3.45. The van der Waals surface area contributed by atoms with Crippen molar-refractivity contribution in [3.63, 3.8) is 0 Å². The summed E-state index contributed by atoms with van der Waals surface area (Å²) in [5.41, 5.74) is 2.43. The first-order valence-electron chi connectivity index (χ1n) is 9.31. The number of rotatable bonds is 6. The second-order valence-electron chi connectivity index (χ2n) is 6.68. The molecular formula is C22H13Cl3FN5O2. The Bertz CT molecular complexity index is 1390. The maximum atomic E-state index is 13.5. The molecule has 166 valence electrons. The Kier molecular flexibility index (Phi) is 6.60. The number of imidazole rings is 1. The van der Waals surface area contributed by atoms with E-state index < -0.39 is 11.8 Å². The molecule has 33 heavy (non-hydrogen) atoms. The van der Waals surface area contributed by atoms with Gasteiger partial charge in [-0.05, 0) is 41.5 Å². The monoisotopic (exact) mass is 503 g/mol. The summed E-state index contributed by atoms with van der Waals surface area (Å²) in [5.74, 6) is -1.04.